The molecule has 0 aliphatic heterocycles. The molecule has 7 heteroatoms. The van der Waals surface area contributed by atoms with Gasteiger partial charge in [-0.05, 0) is 0 Å². The number of rotatable bonds is 5. The van der Waals surface area contributed by atoms with E-state index in [4.69, 9.17) is 13.3 Å². The van der Waals surface area contributed by atoms with Gasteiger partial charge >= 0.3 is 15.0 Å². The highest BCUT2D eigenvalue weighted by Crippen LogP contribution is 2.26. The monoisotopic (exact) mass is 218 g/mol. The van der Waals surface area contributed by atoms with Gasteiger partial charge in [0.05, 0.1) is 0 Å². The molecular weight excluding hydrogens is 205 g/mol. The molecule has 0 saturated heterocycles. The van der Waals surface area contributed by atoms with Crippen LogP contribution in [-0.4, -0.2) is 36.3 Å². The van der Waals surface area contributed by atoms with E-state index in [-0.39, 0.29) is 6.04 Å². The van der Waals surface area contributed by atoms with Gasteiger partial charge in [0, 0.05) is 33.8 Å². The minimum Gasteiger partial charge on any atom is -0.377 e. The van der Waals surface area contributed by atoms with Crippen LogP contribution < -0.4 is 0 Å². The molecule has 0 radical (unpaired) electrons. The summed E-state index contributed by atoms with van der Waals surface area (Å²) in [6.07, 6.45) is -5.15. The summed E-state index contributed by atoms with van der Waals surface area (Å²) in [5, 5.41) is 0. The molecule has 0 aliphatic rings. The Morgan fingerprint density at radius 2 is 1.38 bits per heavy atom. The Balaban J connectivity index is 4.11. The second-order valence-electron chi connectivity index (χ2n) is 2.41. The van der Waals surface area contributed by atoms with Crippen LogP contribution in [0.2, 0.25) is 6.04 Å². The van der Waals surface area contributed by atoms with Gasteiger partial charge in [0.1, 0.15) is 0 Å². The summed E-state index contributed by atoms with van der Waals surface area (Å²) in [4.78, 5) is 0. The van der Waals surface area contributed by atoms with Gasteiger partial charge in [-0.3, -0.25) is 0 Å². The van der Waals surface area contributed by atoms with Crippen molar-refractivity contribution in [2.24, 2.45) is 0 Å². The van der Waals surface area contributed by atoms with Crippen molar-refractivity contribution in [3.05, 3.63) is 0 Å². The quantitative estimate of drug-likeness (QED) is 0.659. The first-order valence-electron chi connectivity index (χ1n) is 3.61. The van der Waals surface area contributed by atoms with Crippen LogP contribution >= 0.6 is 0 Å². The standard InChI is InChI=1S/C6H13F3O3Si/c1-10-13(11-2,12-3)5-4-6(7,8)9/h4-5H2,1-3H3. The van der Waals surface area contributed by atoms with Crippen LogP contribution in [0.1, 0.15) is 6.42 Å². The Hall–Kier alpha value is -0.113. The van der Waals surface area contributed by atoms with Gasteiger partial charge < -0.3 is 13.3 Å². The van der Waals surface area contributed by atoms with E-state index in [0.717, 1.165) is 0 Å². The van der Waals surface area contributed by atoms with Crippen LogP contribution in [0, 0.1) is 0 Å². The first-order valence-corrected chi connectivity index (χ1v) is 5.54. The summed E-state index contributed by atoms with van der Waals surface area (Å²) in [6.45, 7) is 0. The Labute approximate surface area is 76.2 Å². The van der Waals surface area contributed by atoms with E-state index in [1.807, 2.05) is 0 Å². The Morgan fingerprint density at radius 3 is 1.62 bits per heavy atom. The zero-order valence-electron chi connectivity index (χ0n) is 7.77. The van der Waals surface area contributed by atoms with Crippen molar-refractivity contribution in [2.45, 2.75) is 18.6 Å². The molecule has 0 fully saturated rings. The molecule has 0 N–H and O–H groups in total. The second kappa shape index (κ2) is 4.94. The molecule has 0 aromatic heterocycles. The van der Waals surface area contributed by atoms with E-state index < -0.39 is 21.4 Å². The maximum Gasteiger partial charge on any atom is 0.500 e. The van der Waals surface area contributed by atoms with E-state index in [0.29, 0.717) is 0 Å². The summed E-state index contributed by atoms with van der Waals surface area (Å²) < 4.78 is 50.0. The van der Waals surface area contributed by atoms with Crippen molar-refractivity contribution in [3.8, 4) is 0 Å². The maximum atomic E-state index is 11.9. The summed E-state index contributed by atoms with van der Waals surface area (Å²) in [5.74, 6) is 0. The van der Waals surface area contributed by atoms with Crippen LogP contribution in [0.4, 0.5) is 13.2 Å². The first kappa shape index (κ1) is 12.9. The average molecular weight is 218 g/mol. The molecule has 3 nitrogen and oxygen atoms in total. The van der Waals surface area contributed by atoms with Gasteiger partial charge in [-0.2, -0.15) is 13.2 Å². The van der Waals surface area contributed by atoms with Crippen molar-refractivity contribution in [3.63, 3.8) is 0 Å². The van der Waals surface area contributed by atoms with E-state index in [1.165, 1.54) is 21.3 Å². The Morgan fingerprint density at radius 1 is 1.00 bits per heavy atom. The summed E-state index contributed by atoms with van der Waals surface area (Å²) in [5.41, 5.74) is 0. The van der Waals surface area contributed by atoms with Gasteiger partial charge in [-0.1, -0.05) is 0 Å². The van der Waals surface area contributed by atoms with Crippen molar-refractivity contribution in [1.29, 1.82) is 0 Å². The lowest BCUT2D eigenvalue weighted by Gasteiger charge is -2.24. The zero-order chi connectivity index (χ0) is 10.5. The lowest BCUT2D eigenvalue weighted by Crippen LogP contribution is -2.43. The number of hydrogen-bond acceptors (Lipinski definition) is 3. The van der Waals surface area contributed by atoms with Gasteiger partial charge in [-0.15, -0.1) is 0 Å². The first-order chi connectivity index (χ1) is 5.89. The van der Waals surface area contributed by atoms with Crippen LogP contribution in [0.15, 0.2) is 0 Å². The van der Waals surface area contributed by atoms with Gasteiger partial charge in [0.25, 0.3) is 0 Å². The smallest absolute Gasteiger partial charge is 0.377 e. The molecule has 0 aromatic rings. The molecule has 0 aliphatic carbocycles. The molecule has 0 saturated carbocycles. The topological polar surface area (TPSA) is 27.7 Å². The molecule has 0 aromatic carbocycles. The SMILES string of the molecule is CO[Si](CCC(F)(F)F)(OC)OC. The third-order valence-electron chi connectivity index (χ3n) is 1.65. The van der Waals surface area contributed by atoms with Gasteiger partial charge in [0.15, 0.2) is 0 Å². The third-order valence-corrected chi connectivity index (χ3v) is 4.38. The lowest BCUT2D eigenvalue weighted by molar-refractivity contribution is -0.132. The lowest BCUT2D eigenvalue weighted by atomic mass is 10.5. The largest absolute Gasteiger partial charge is 0.500 e. The number of alkyl halides is 3. The molecule has 0 heterocycles. The summed E-state index contributed by atoms with van der Waals surface area (Å²) in [6, 6.07) is -0.250. The minimum atomic E-state index is -4.20. The van der Waals surface area contributed by atoms with E-state index in [9.17, 15) is 13.2 Å². The van der Waals surface area contributed by atoms with Crippen LogP contribution in [-0.2, 0) is 13.3 Å². The maximum absolute atomic E-state index is 11.9. The fraction of sp³-hybridized carbons (Fsp3) is 1.00. The molecule has 13 heavy (non-hydrogen) atoms. The van der Waals surface area contributed by atoms with Crippen LogP contribution in [0.3, 0.4) is 0 Å². The van der Waals surface area contributed by atoms with Crippen molar-refractivity contribution >= 4 is 8.80 Å². The van der Waals surface area contributed by atoms with E-state index in [1.54, 1.807) is 0 Å². The predicted molar refractivity (Wildman–Crippen MR) is 42.3 cm³/mol. The fourth-order valence-electron chi connectivity index (χ4n) is 0.851. The van der Waals surface area contributed by atoms with Gasteiger partial charge in [0.2, 0.25) is 0 Å². The normalized spacial score (nSPS) is 13.4. The third kappa shape index (κ3) is 4.60. The summed E-state index contributed by atoms with van der Waals surface area (Å²) in [7, 11) is 0.815. The molecule has 0 bridgehead atoms. The number of halogens is 3. The Kier molecular flexibility index (Phi) is 4.90. The highest BCUT2D eigenvalue weighted by atomic mass is 28.4. The zero-order valence-corrected chi connectivity index (χ0v) is 8.77. The van der Waals surface area contributed by atoms with Crippen molar-refractivity contribution in [2.75, 3.05) is 21.3 Å². The Bertz CT molecular complexity index is 138. The van der Waals surface area contributed by atoms with E-state index >= 15 is 0 Å². The molecule has 80 valence electrons. The summed E-state index contributed by atoms with van der Waals surface area (Å²) >= 11 is 0. The predicted octanol–water partition coefficient (Wildman–Crippen LogP) is 1.82. The molecular formula is C6H13F3O3Si. The molecule has 0 spiro atoms. The molecule has 0 amide bonds. The molecule has 0 unspecified atom stereocenters. The molecule has 0 atom stereocenters. The average Bonchev–Trinajstić information content (AvgIpc) is 2.06. The van der Waals surface area contributed by atoms with Crippen LogP contribution in [0.5, 0.6) is 0 Å². The fourth-order valence-corrected chi connectivity index (χ4v) is 2.55. The van der Waals surface area contributed by atoms with Crippen molar-refractivity contribution < 1.29 is 26.4 Å². The van der Waals surface area contributed by atoms with Gasteiger partial charge in [-0.25, -0.2) is 0 Å². The van der Waals surface area contributed by atoms with Crippen molar-refractivity contribution in [1.82, 2.24) is 0 Å². The molecule has 0 rings (SSSR count). The number of hydrogen-bond donors (Lipinski definition) is 0. The highest BCUT2D eigenvalue weighted by molar-refractivity contribution is 6.60. The minimum absolute atomic E-state index is 0.250. The second-order valence-corrected chi connectivity index (χ2v) is 5.50. The van der Waals surface area contributed by atoms with Crippen LogP contribution in [0.25, 0.3) is 0 Å². The highest BCUT2D eigenvalue weighted by Gasteiger charge is 2.42. The van der Waals surface area contributed by atoms with E-state index in [2.05, 4.69) is 0 Å².